The van der Waals surface area contributed by atoms with Gasteiger partial charge in [0.25, 0.3) is 0 Å². The molecule has 2 unspecified atom stereocenters. The highest BCUT2D eigenvalue weighted by atomic mass is 35.5. The van der Waals surface area contributed by atoms with Crippen molar-refractivity contribution in [2.24, 2.45) is 17.6 Å². The Balaban J connectivity index is 0.00000200. The van der Waals surface area contributed by atoms with Gasteiger partial charge in [0.2, 0.25) is 5.91 Å². The van der Waals surface area contributed by atoms with Crippen LogP contribution in [0.25, 0.3) is 0 Å². The van der Waals surface area contributed by atoms with E-state index in [-0.39, 0.29) is 24.4 Å². The highest BCUT2D eigenvalue weighted by Gasteiger charge is 2.39. The van der Waals surface area contributed by atoms with E-state index < -0.39 is 0 Å². The third kappa shape index (κ3) is 4.90. The molecule has 20 heavy (non-hydrogen) atoms. The van der Waals surface area contributed by atoms with Crippen molar-refractivity contribution in [1.82, 2.24) is 5.32 Å². The number of carbonyl (C=O) groups excluding carboxylic acids is 1. The molecule has 0 spiro atoms. The maximum atomic E-state index is 12.0. The largest absolute Gasteiger partial charge is 0.378 e. The topological polar surface area (TPSA) is 64.3 Å². The van der Waals surface area contributed by atoms with Gasteiger partial charge in [-0.2, -0.15) is 0 Å². The third-order valence-corrected chi connectivity index (χ3v) is 4.48. The molecule has 0 aromatic heterocycles. The van der Waals surface area contributed by atoms with Gasteiger partial charge in [0.15, 0.2) is 0 Å². The minimum atomic E-state index is 0. The van der Waals surface area contributed by atoms with Crippen LogP contribution in [0.5, 0.6) is 0 Å². The molecule has 0 aliphatic heterocycles. The fraction of sp³-hybridized carbons (Fsp3) is 0.933. The Morgan fingerprint density at radius 1 is 1.30 bits per heavy atom. The van der Waals surface area contributed by atoms with Crippen LogP contribution in [-0.2, 0) is 9.53 Å². The molecule has 2 aliphatic carbocycles. The van der Waals surface area contributed by atoms with Gasteiger partial charge < -0.3 is 15.8 Å². The molecule has 0 saturated heterocycles. The van der Waals surface area contributed by atoms with Gasteiger partial charge in [-0.3, -0.25) is 4.79 Å². The van der Waals surface area contributed by atoms with Gasteiger partial charge in [-0.1, -0.05) is 6.42 Å². The van der Waals surface area contributed by atoms with Crippen LogP contribution in [0.15, 0.2) is 0 Å². The second kappa shape index (κ2) is 8.20. The average molecular weight is 305 g/mol. The van der Waals surface area contributed by atoms with Crippen LogP contribution in [0.4, 0.5) is 0 Å². The molecule has 2 rings (SSSR count). The highest BCUT2D eigenvalue weighted by molar-refractivity contribution is 5.85. The first-order valence-electron chi connectivity index (χ1n) is 7.72. The maximum absolute atomic E-state index is 12.0. The molecule has 2 atom stereocenters. The molecular formula is C15H29ClN2O2. The first-order chi connectivity index (χ1) is 9.06. The molecule has 0 aromatic carbocycles. The number of rotatable bonds is 5. The molecule has 0 aromatic rings. The van der Waals surface area contributed by atoms with E-state index >= 15 is 0 Å². The van der Waals surface area contributed by atoms with Crippen LogP contribution in [0.1, 0.15) is 52.4 Å². The number of ether oxygens (including phenoxy) is 1. The molecule has 0 heterocycles. The number of nitrogens with one attached hydrogen (secondary N) is 1. The molecule has 3 N–H and O–H groups in total. The summed E-state index contributed by atoms with van der Waals surface area (Å²) in [7, 11) is 0. The number of carbonyl (C=O) groups is 1. The first-order valence-corrected chi connectivity index (χ1v) is 7.72. The molecular weight excluding hydrogens is 276 g/mol. The lowest BCUT2D eigenvalue weighted by Gasteiger charge is -2.45. The van der Waals surface area contributed by atoms with Gasteiger partial charge in [0.05, 0.1) is 12.7 Å². The SMILES string of the molecule is CC(C)OCCC(=O)NC1C2CCCC1CC(N)C2.Cl. The van der Waals surface area contributed by atoms with Gasteiger partial charge in [-0.05, 0) is 51.4 Å². The Morgan fingerprint density at radius 2 is 1.90 bits per heavy atom. The quantitative estimate of drug-likeness (QED) is 0.819. The Kier molecular flexibility index (Phi) is 7.27. The molecule has 4 nitrogen and oxygen atoms in total. The summed E-state index contributed by atoms with van der Waals surface area (Å²) in [6, 6.07) is 0.702. The van der Waals surface area contributed by atoms with Crippen LogP contribution in [0.2, 0.25) is 0 Å². The van der Waals surface area contributed by atoms with E-state index in [1.165, 1.54) is 19.3 Å². The fourth-order valence-corrected chi connectivity index (χ4v) is 3.67. The standard InChI is InChI=1S/C15H28N2O2.ClH/c1-10(2)19-7-6-14(18)17-15-11-4-3-5-12(15)9-13(16)8-11;/h10-13,15H,3-9,16H2,1-2H3,(H,17,18);1H. The van der Waals surface area contributed by atoms with E-state index in [1.807, 2.05) is 13.8 Å². The van der Waals surface area contributed by atoms with Crippen molar-refractivity contribution in [1.29, 1.82) is 0 Å². The minimum Gasteiger partial charge on any atom is -0.378 e. The molecule has 2 saturated carbocycles. The zero-order valence-corrected chi connectivity index (χ0v) is 13.5. The van der Waals surface area contributed by atoms with E-state index in [0.29, 0.717) is 36.9 Å². The van der Waals surface area contributed by atoms with E-state index in [4.69, 9.17) is 10.5 Å². The van der Waals surface area contributed by atoms with Crippen molar-refractivity contribution in [3.05, 3.63) is 0 Å². The van der Waals surface area contributed by atoms with Crippen molar-refractivity contribution in [3.63, 3.8) is 0 Å². The molecule has 0 radical (unpaired) electrons. The monoisotopic (exact) mass is 304 g/mol. The zero-order valence-electron chi connectivity index (χ0n) is 12.6. The summed E-state index contributed by atoms with van der Waals surface area (Å²) in [6.45, 7) is 4.50. The summed E-state index contributed by atoms with van der Waals surface area (Å²) in [5.74, 6) is 1.33. The number of hydrogen-bond donors (Lipinski definition) is 2. The summed E-state index contributed by atoms with van der Waals surface area (Å²) in [5, 5.41) is 3.24. The fourth-order valence-electron chi connectivity index (χ4n) is 3.67. The van der Waals surface area contributed by atoms with Crippen LogP contribution in [-0.4, -0.2) is 30.7 Å². The smallest absolute Gasteiger partial charge is 0.222 e. The van der Waals surface area contributed by atoms with Crippen molar-refractivity contribution in [3.8, 4) is 0 Å². The summed E-state index contributed by atoms with van der Waals surface area (Å²) in [4.78, 5) is 12.0. The van der Waals surface area contributed by atoms with E-state index in [1.54, 1.807) is 0 Å². The van der Waals surface area contributed by atoms with Crippen LogP contribution in [0.3, 0.4) is 0 Å². The van der Waals surface area contributed by atoms with E-state index in [2.05, 4.69) is 5.32 Å². The number of fused-ring (bicyclic) bond motifs is 2. The number of nitrogens with two attached hydrogens (primary N) is 1. The lowest BCUT2D eigenvalue weighted by molar-refractivity contribution is -0.124. The minimum absolute atomic E-state index is 0. The van der Waals surface area contributed by atoms with Crippen LogP contribution in [0, 0.1) is 11.8 Å². The lowest BCUT2D eigenvalue weighted by Crippen LogP contribution is -2.53. The summed E-state index contributed by atoms with van der Waals surface area (Å²) in [5.41, 5.74) is 6.10. The third-order valence-electron chi connectivity index (χ3n) is 4.48. The van der Waals surface area contributed by atoms with E-state index in [9.17, 15) is 4.79 Å². The van der Waals surface area contributed by atoms with Crippen molar-refractivity contribution in [2.75, 3.05) is 6.61 Å². The zero-order chi connectivity index (χ0) is 13.8. The van der Waals surface area contributed by atoms with Gasteiger partial charge in [0.1, 0.15) is 0 Å². The van der Waals surface area contributed by atoms with Crippen LogP contribution >= 0.6 is 12.4 Å². The molecule has 1 amide bonds. The van der Waals surface area contributed by atoms with Gasteiger partial charge in [0, 0.05) is 18.5 Å². The molecule has 5 heteroatoms. The number of hydrogen-bond acceptors (Lipinski definition) is 3. The second-order valence-electron chi connectivity index (χ2n) is 6.45. The highest BCUT2D eigenvalue weighted by Crippen LogP contribution is 2.39. The number of amides is 1. The second-order valence-corrected chi connectivity index (χ2v) is 6.45. The van der Waals surface area contributed by atoms with Gasteiger partial charge in [-0.25, -0.2) is 0 Å². The molecule has 2 aliphatic rings. The Morgan fingerprint density at radius 3 is 2.45 bits per heavy atom. The van der Waals surface area contributed by atoms with Crippen molar-refractivity contribution in [2.45, 2.75) is 70.6 Å². The van der Waals surface area contributed by atoms with Crippen LogP contribution < -0.4 is 11.1 Å². The molecule has 2 bridgehead atoms. The summed E-state index contributed by atoms with van der Waals surface area (Å²) < 4.78 is 5.43. The Labute approximate surface area is 128 Å². The maximum Gasteiger partial charge on any atom is 0.222 e. The summed E-state index contributed by atoms with van der Waals surface area (Å²) in [6.07, 6.45) is 6.55. The average Bonchev–Trinajstić information content (AvgIpc) is 2.29. The summed E-state index contributed by atoms with van der Waals surface area (Å²) >= 11 is 0. The Hall–Kier alpha value is -0.320. The van der Waals surface area contributed by atoms with E-state index in [0.717, 1.165) is 12.8 Å². The van der Waals surface area contributed by atoms with Gasteiger partial charge >= 0.3 is 0 Å². The van der Waals surface area contributed by atoms with Crippen molar-refractivity contribution < 1.29 is 9.53 Å². The Bertz CT molecular complexity index is 298. The van der Waals surface area contributed by atoms with Crippen molar-refractivity contribution >= 4 is 18.3 Å². The van der Waals surface area contributed by atoms with Gasteiger partial charge in [-0.15, -0.1) is 12.4 Å². The molecule has 2 fully saturated rings. The lowest BCUT2D eigenvalue weighted by atomic mass is 9.67. The first kappa shape index (κ1) is 17.7. The normalized spacial score (nSPS) is 32.6. The molecule has 118 valence electrons. The predicted molar refractivity (Wildman–Crippen MR) is 82.9 cm³/mol. The predicted octanol–water partition coefficient (Wildman–Crippen LogP) is 2.25. The number of halogens is 1.